The van der Waals surface area contributed by atoms with Crippen molar-refractivity contribution in [1.82, 2.24) is 19.2 Å². The van der Waals surface area contributed by atoms with Gasteiger partial charge in [0, 0.05) is 25.2 Å². The molecule has 2 aromatic rings. The Hall–Kier alpha value is -2.93. The van der Waals surface area contributed by atoms with Crippen LogP contribution >= 0.6 is 0 Å². The lowest BCUT2D eigenvalue weighted by atomic mass is 10.0. The summed E-state index contributed by atoms with van der Waals surface area (Å²) in [5.41, 5.74) is -0.385. The van der Waals surface area contributed by atoms with Crippen molar-refractivity contribution in [2.24, 2.45) is 0 Å². The van der Waals surface area contributed by atoms with E-state index < -0.39 is 28.9 Å². The Kier molecular flexibility index (Phi) is 6.60. The summed E-state index contributed by atoms with van der Waals surface area (Å²) in [6.45, 7) is 6.69. The van der Waals surface area contributed by atoms with E-state index in [4.69, 9.17) is 19.1 Å². The first-order valence-electron chi connectivity index (χ1n) is 9.82. The van der Waals surface area contributed by atoms with Gasteiger partial charge in [0.2, 0.25) is 0 Å². The third-order valence-corrected chi connectivity index (χ3v) is 5.24. The second-order valence-corrected chi connectivity index (χ2v) is 8.02. The van der Waals surface area contributed by atoms with Crippen LogP contribution in [0, 0.1) is 0 Å². The first kappa shape index (κ1) is 23.7. The number of carbonyl (C=O) groups is 1. The van der Waals surface area contributed by atoms with E-state index in [2.05, 4.69) is 10.00 Å². The second kappa shape index (κ2) is 8.90. The number of aliphatic carboxylic acids is 1. The summed E-state index contributed by atoms with van der Waals surface area (Å²) in [5, 5.41) is 11.4. The highest BCUT2D eigenvalue weighted by Gasteiger charge is 2.43. The van der Waals surface area contributed by atoms with Crippen LogP contribution in [0.2, 0.25) is 0 Å². The number of rotatable bonds is 3. The Balaban J connectivity index is 0.000000360. The first-order chi connectivity index (χ1) is 14.9. The molecule has 2 aliphatic rings. The van der Waals surface area contributed by atoms with Crippen molar-refractivity contribution in [3.63, 3.8) is 0 Å². The number of fused-ring (bicyclic) bond motifs is 1. The van der Waals surface area contributed by atoms with Gasteiger partial charge in [-0.1, -0.05) is 0 Å². The third kappa shape index (κ3) is 5.10. The molecule has 0 radical (unpaired) electrons. The molecule has 0 aromatic carbocycles. The maximum absolute atomic E-state index is 12.5. The third-order valence-electron chi connectivity index (χ3n) is 5.24. The van der Waals surface area contributed by atoms with E-state index in [0.29, 0.717) is 12.4 Å². The summed E-state index contributed by atoms with van der Waals surface area (Å²) in [4.78, 5) is 36.0. The topological polar surface area (TPSA) is 120 Å². The number of hydrogen-bond donors (Lipinski definition) is 1. The van der Waals surface area contributed by atoms with Crippen LogP contribution in [0.5, 0.6) is 0 Å². The molecule has 4 rings (SSSR count). The van der Waals surface area contributed by atoms with Gasteiger partial charge >= 0.3 is 23.3 Å². The SMILES string of the molecule is CC(C)n1nc2n(c(=O)c1=O)CC1(CCN(Cc3ccoc3)C1)OC2.O=C(O)C(F)(F)F. The highest BCUT2D eigenvalue weighted by atomic mass is 19.4. The van der Waals surface area contributed by atoms with Crippen molar-refractivity contribution in [3.05, 3.63) is 50.7 Å². The van der Waals surface area contributed by atoms with Gasteiger partial charge in [0.05, 0.1) is 25.1 Å². The van der Waals surface area contributed by atoms with Crippen molar-refractivity contribution < 1.29 is 32.2 Å². The number of nitrogens with zero attached hydrogens (tertiary/aromatic N) is 4. The monoisotopic (exact) mass is 460 g/mol. The summed E-state index contributed by atoms with van der Waals surface area (Å²) < 4.78 is 45.7. The van der Waals surface area contributed by atoms with E-state index in [1.165, 1.54) is 9.25 Å². The maximum atomic E-state index is 12.5. The largest absolute Gasteiger partial charge is 0.490 e. The Morgan fingerprint density at radius 1 is 1.28 bits per heavy atom. The van der Waals surface area contributed by atoms with E-state index in [1.54, 1.807) is 12.5 Å². The predicted molar refractivity (Wildman–Crippen MR) is 103 cm³/mol. The summed E-state index contributed by atoms with van der Waals surface area (Å²) in [6.07, 6.45) is -0.853. The molecule has 0 amide bonds. The highest BCUT2D eigenvalue weighted by Crippen LogP contribution is 2.31. The lowest BCUT2D eigenvalue weighted by molar-refractivity contribution is -0.192. The zero-order valence-corrected chi connectivity index (χ0v) is 17.5. The molecule has 2 aliphatic heterocycles. The lowest BCUT2D eigenvalue weighted by Gasteiger charge is -2.35. The summed E-state index contributed by atoms with van der Waals surface area (Å²) in [5.74, 6) is -2.23. The van der Waals surface area contributed by atoms with Crippen molar-refractivity contribution in [2.45, 2.75) is 57.8 Å². The number of aromatic nitrogens is 3. The molecule has 1 unspecified atom stereocenters. The van der Waals surface area contributed by atoms with Crippen LogP contribution in [-0.4, -0.2) is 55.2 Å². The number of carboxylic acids is 1. The number of alkyl halides is 3. The minimum atomic E-state index is -5.08. The van der Waals surface area contributed by atoms with E-state index in [-0.39, 0.29) is 12.6 Å². The lowest BCUT2D eigenvalue weighted by Crippen LogP contribution is -2.53. The van der Waals surface area contributed by atoms with Gasteiger partial charge in [-0.15, -0.1) is 0 Å². The quantitative estimate of drug-likeness (QED) is 0.683. The van der Waals surface area contributed by atoms with Crippen molar-refractivity contribution in [2.75, 3.05) is 13.1 Å². The van der Waals surface area contributed by atoms with Gasteiger partial charge in [-0.2, -0.15) is 18.3 Å². The zero-order valence-electron chi connectivity index (χ0n) is 17.5. The smallest absolute Gasteiger partial charge is 0.475 e. The minimum absolute atomic E-state index is 0.154. The molecule has 1 spiro atoms. The Bertz CT molecular complexity index is 1080. The molecule has 1 fully saturated rings. The molecule has 0 saturated carbocycles. The molecule has 0 bridgehead atoms. The van der Waals surface area contributed by atoms with Gasteiger partial charge in [-0.05, 0) is 26.3 Å². The highest BCUT2D eigenvalue weighted by molar-refractivity contribution is 5.73. The fraction of sp³-hybridized carbons (Fsp3) is 0.579. The molecule has 13 heteroatoms. The van der Waals surface area contributed by atoms with Gasteiger partial charge in [-0.25, -0.2) is 9.48 Å². The van der Waals surface area contributed by atoms with Crippen LogP contribution in [0.15, 0.2) is 32.6 Å². The van der Waals surface area contributed by atoms with Gasteiger partial charge < -0.3 is 14.3 Å². The van der Waals surface area contributed by atoms with E-state index in [1.807, 2.05) is 19.9 Å². The molecule has 176 valence electrons. The average molecular weight is 460 g/mol. The van der Waals surface area contributed by atoms with Crippen LogP contribution in [0.3, 0.4) is 0 Å². The standard InChI is InChI=1S/C17H22N4O4.C2HF3O2/c1-12(2)21-16(23)15(22)20-11-17(25-9-14(20)18-21)4-5-19(10-17)7-13-3-6-24-8-13;3-2(4,5)1(6)7/h3,6,8,12H,4-5,7,9-11H2,1-2H3;(H,6,7). The summed E-state index contributed by atoms with van der Waals surface area (Å²) in [6, 6.07) is 1.80. The van der Waals surface area contributed by atoms with Crippen LogP contribution in [0.25, 0.3) is 0 Å². The molecular weight excluding hydrogens is 437 g/mol. The zero-order chi connectivity index (χ0) is 23.7. The average Bonchev–Trinajstić information content (AvgIpc) is 3.35. The molecule has 2 aromatic heterocycles. The predicted octanol–water partition coefficient (Wildman–Crippen LogP) is 1.39. The Labute approximate surface area is 179 Å². The van der Waals surface area contributed by atoms with Crippen LogP contribution in [0.1, 0.15) is 37.7 Å². The minimum Gasteiger partial charge on any atom is -0.475 e. The molecule has 0 aliphatic carbocycles. The number of furan rings is 1. The number of halogens is 3. The van der Waals surface area contributed by atoms with Gasteiger partial charge in [0.1, 0.15) is 12.2 Å². The van der Waals surface area contributed by atoms with Gasteiger partial charge in [-0.3, -0.25) is 19.1 Å². The Morgan fingerprint density at radius 3 is 2.53 bits per heavy atom. The number of likely N-dealkylation sites (tertiary alicyclic amines) is 1. The van der Waals surface area contributed by atoms with E-state index in [9.17, 15) is 22.8 Å². The molecule has 1 saturated heterocycles. The van der Waals surface area contributed by atoms with Crippen LogP contribution in [0.4, 0.5) is 13.2 Å². The first-order valence-corrected chi connectivity index (χ1v) is 9.82. The van der Waals surface area contributed by atoms with Gasteiger partial charge in [0.15, 0.2) is 5.82 Å². The van der Waals surface area contributed by atoms with Crippen molar-refractivity contribution in [1.29, 1.82) is 0 Å². The molecule has 4 heterocycles. The number of hydrogen-bond acceptors (Lipinski definition) is 7. The van der Waals surface area contributed by atoms with E-state index in [0.717, 1.165) is 31.6 Å². The second-order valence-electron chi connectivity index (χ2n) is 8.02. The number of carboxylic acid groups (broad SMARTS) is 1. The van der Waals surface area contributed by atoms with E-state index >= 15 is 0 Å². The number of ether oxygens (including phenoxy) is 1. The fourth-order valence-electron chi connectivity index (χ4n) is 3.68. The summed E-state index contributed by atoms with van der Waals surface area (Å²) in [7, 11) is 0. The van der Waals surface area contributed by atoms with Gasteiger partial charge in [0.25, 0.3) is 0 Å². The summed E-state index contributed by atoms with van der Waals surface area (Å²) >= 11 is 0. The van der Waals surface area contributed by atoms with Crippen molar-refractivity contribution in [3.8, 4) is 0 Å². The van der Waals surface area contributed by atoms with Crippen LogP contribution in [-0.2, 0) is 29.2 Å². The molecule has 32 heavy (non-hydrogen) atoms. The van der Waals surface area contributed by atoms with Crippen LogP contribution < -0.4 is 11.1 Å². The maximum Gasteiger partial charge on any atom is 0.490 e. The Morgan fingerprint density at radius 2 is 1.97 bits per heavy atom. The fourth-order valence-corrected chi connectivity index (χ4v) is 3.68. The molecule has 1 atom stereocenters. The molecule has 1 N–H and O–H groups in total. The molecule has 10 nitrogen and oxygen atoms in total. The van der Waals surface area contributed by atoms with Crippen molar-refractivity contribution >= 4 is 5.97 Å². The molecular formula is C19H23F3N4O6. The normalized spacial score (nSPS) is 20.8.